The molecular formula is C25H27F3N8O3. The van der Waals surface area contributed by atoms with Crippen molar-refractivity contribution in [1.82, 2.24) is 30.8 Å². The number of hydrogen-bond donors (Lipinski definition) is 4. The molecule has 1 aromatic carbocycles. The lowest BCUT2D eigenvalue weighted by molar-refractivity contribution is -0.153. The number of ether oxygens (including phenoxy) is 1. The van der Waals surface area contributed by atoms with Crippen LogP contribution in [0.25, 0.3) is 11.1 Å². The fraction of sp³-hybridized carbons (Fsp3) is 0.400. The van der Waals surface area contributed by atoms with Crippen molar-refractivity contribution >= 4 is 29.0 Å². The minimum absolute atomic E-state index is 0.0938. The number of carbonyl (C=O) groups is 2. The summed E-state index contributed by atoms with van der Waals surface area (Å²) >= 11 is 0. The lowest BCUT2D eigenvalue weighted by Crippen LogP contribution is -2.38. The van der Waals surface area contributed by atoms with Crippen LogP contribution >= 0.6 is 0 Å². The van der Waals surface area contributed by atoms with Gasteiger partial charge in [-0.3, -0.25) is 19.7 Å². The summed E-state index contributed by atoms with van der Waals surface area (Å²) in [5.74, 6) is -0.947. The van der Waals surface area contributed by atoms with Crippen molar-refractivity contribution in [3.8, 4) is 16.9 Å². The SMILES string of the molecule is CCNNC(=O)c1nnc(NC(=O)C2CC2)cc1Nc1ccc(-c2cnn(C3CC3)c2)cc1OCC(F)(F)F. The number of hydrazine groups is 1. The maximum absolute atomic E-state index is 13.1. The van der Waals surface area contributed by atoms with Crippen molar-refractivity contribution in [1.29, 1.82) is 0 Å². The van der Waals surface area contributed by atoms with Crippen LogP contribution in [-0.4, -0.2) is 51.1 Å². The van der Waals surface area contributed by atoms with Crippen LogP contribution in [0.1, 0.15) is 49.1 Å². The molecule has 2 aliphatic carbocycles. The zero-order valence-corrected chi connectivity index (χ0v) is 21.0. The van der Waals surface area contributed by atoms with Gasteiger partial charge in [0.05, 0.1) is 23.6 Å². The third-order valence-corrected chi connectivity index (χ3v) is 6.09. The van der Waals surface area contributed by atoms with Crippen molar-refractivity contribution in [3.63, 3.8) is 0 Å². The standard InChI is InChI=1S/C25H27F3N8O3/c1-2-29-35-24(38)22-19(10-21(33-34-22)32-23(37)14-3-4-14)31-18-8-5-15(9-20(18)39-13-25(26,27)28)16-11-30-36(12-16)17-6-7-17/h5,8-12,14,17,29H,2-4,6-7,13H2,1H3,(H,35,38)(H2,31,32,33,37). The number of amides is 2. The number of nitrogens with one attached hydrogen (secondary N) is 4. The van der Waals surface area contributed by atoms with E-state index in [2.05, 4.69) is 36.8 Å². The number of nitrogens with zero attached hydrogens (tertiary/aromatic N) is 4. The lowest BCUT2D eigenvalue weighted by Gasteiger charge is -2.17. The van der Waals surface area contributed by atoms with Gasteiger partial charge in [0, 0.05) is 30.3 Å². The largest absolute Gasteiger partial charge is 0.482 e. The monoisotopic (exact) mass is 544 g/mol. The second-order valence-electron chi connectivity index (χ2n) is 9.42. The molecule has 0 saturated heterocycles. The molecule has 39 heavy (non-hydrogen) atoms. The summed E-state index contributed by atoms with van der Waals surface area (Å²) in [6, 6.07) is 6.48. The first-order valence-electron chi connectivity index (χ1n) is 12.6. The van der Waals surface area contributed by atoms with E-state index < -0.39 is 18.7 Å². The van der Waals surface area contributed by atoms with Crippen LogP contribution in [-0.2, 0) is 4.79 Å². The highest BCUT2D eigenvalue weighted by molar-refractivity contribution is 5.99. The molecule has 2 aromatic heterocycles. The first-order valence-corrected chi connectivity index (χ1v) is 12.6. The Morgan fingerprint density at radius 3 is 2.56 bits per heavy atom. The Kier molecular flexibility index (Phi) is 7.37. The Morgan fingerprint density at radius 1 is 1.08 bits per heavy atom. The summed E-state index contributed by atoms with van der Waals surface area (Å²) in [4.78, 5) is 25.0. The number of benzene rings is 1. The van der Waals surface area contributed by atoms with Crippen LogP contribution in [0, 0.1) is 5.92 Å². The number of halogens is 3. The van der Waals surface area contributed by atoms with E-state index >= 15 is 0 Å². The van der Waals surface area contributed by atoms with E-state index in [-0.39, 0.29) is 40.5 Å². The van der Waals surface area contributed by atoms with Crippen molar-refractivity contribution in [2.75, 3.05) is 23.8 Å². The number of alkyl halides is 3. The third-order valence-electron chi connectivity index (χ3n) is 6.09. The molecule has 11 nitrogen and oxygen atoms in total. The smallest absolute Gasteiger partial charge is 0.422 e. The number of carbonyl (C=O) groups excluding carboxylic acids is 2. The van der Waals surface area contributed by atoms with Gasteiger partial charge in [-0.25, -0.2) is 5.43 Å². The number of hydrogen-bond acceptors (Lipinski definition) is 8. The van der Waals surface area contributed by atoms with E-state index in [9.17, 15) is 22.8 Å². The van der Waals surface area contributed by atoms with E-state index in [1.807, 2.05) is 10.9 Å². The molecule has 206 valence electrons. The topological polar surface area (TPSA) is 135 Å². The van der Waals surface area contributed by atoms with Crippen molar-refractivity contribution < 1.29 is 27.5 Å². The minimum Gasteiger partial charge on any atom is -0.482 e. The molecule has 0 aliphatic heterocycles. The van der Waals surface area contributed by atoms with Crippen LogP contribution < -0.4 is 26.2 Å². The predicted molar refractivity (Wildman–Crippen MR) is 135 cm³/mol. The van der Waals surface area contributed by atoms with Gasteiger partial charge in [0.1, 0.15) is 5.75 Å². The molecule has 3 aromatic rings. The number of rotatable bonds is 11. The molecule has 4 N–H and O–H groups in total. The Balaban J connectivity index is 1.47. The number of aromatic nitrogens is 4. The quantitative estimate of drug-likeness (QED) is 0.267. The second kappa shape index (κ2) is 10.9. The van der Waals surface area contributed by atoms with Crippen LogP contribution in [0.5, 0.6) is 5.75 Å². The highest BCUT2D eigenvalue weighted by atomic mass is 19.4. The fourth-order valence-corrected chi connectivity index (χ4v) is 3.77. The molecule has 2 saturated carbocycles. The minimum atomic E-state index is -4.57. The normalized spacial score (nSPS) is 15.1. The van der Waals surface area contributed by atoms with Gasteiger partial charge in [-0.05, 0) is 43.4 Å². The lowest BCUT2D eigenvalue weighted by atomic mass is 10.1. The molecule has 0 radical (unpaired) electrons. The van der Waals surface area contributed by atoms with E-state index in [1.54, 1.807) is 25.3 Å². The van der Waals surface area contributed by atoms with E-state index in [1.165, 1.54) is 12.1 Å². The third kappa shape index (κ3) is 6.82. The zero-order valence-electron chi connectivity index (χ0n) is 21.0. The summed E-state index contributed by atoms with van der Waals surface area (Å²) < 4.78 is 46.2. The average molecular weight is 545 g/mol. The predicted octanol–water partition coefficient (Wildman–Crippen LogP) is 3.96. The summed E-state index contributed by atoms with van der Waals surface area (Å²) in [5, 5.41) is 17.8. The van der Waals surface area contributed by atoms with Gasteiger partial charge in [0.25, 0.3) is 5.91 Å². The van der Waals surface area contributed by atoms with Crippen molar-refractivity contribution in [3.05, 3.63) is 42.4 Å². The molecule has 2 aliphatic rings. The second-order valence-corrected chi connectivity index (χ2v) is 9.42. The Labute approximate surface area is 221 Å². The summed E-state index contributed by atoms with van der Waals surface area (Å²) in [6.07, 6.45) is 2.56. The fourth-order valence-electron chi connectivity index (χ4n) is 3.77. The van der Waals surface area contributed by atoms with Crippen LogP contribution in [0.15, 0.2) is 36.7 Å². The van der Waals surface area contributed by atoms with E-state index in [0.29, 0.717) is 18.2 Å². The summed E-state index contributed by atoms with van der Waals surface area (Å²) in [7, 11) is 0. The zero-order chi connectivity index (χ0) is 27.6. The van der Waals surface area contributed by atoms with Gasteiger partial charge >= 0.3 is 6.18 Å². The van der Waals surface area contributed by atoms with Gasteiger partial charge in [0.2, 0.25) is 5.91 Å². The average Bonchev–Trinajstić information content (AvgIpc) is 3.84. The van der Waals surface area contributed by atoms with Crippen LogP contribution in [0.3, 0.4) is 0 Å². The Bertz CT molecular complexity index is 1370. The summed E-state index contributed by atoms with van der Waals surface area (Å²) in [5.41, 5.74) is 6.60. The molecule has 2 heterocycles. The molecule has 5 rings (SSSR count). The van der Waals surface area contributed by atoms with Gasteiger partial charge in [-0.2, -0.15) is 18.3 Å². The van der Waals surface area contributed by atoms with Gasteiger partial charge in [0.15, 0.2) is 18.1 Å². The first kappa shape index (κ1) is 26.4. The molecule has 14 heteroatoms. The molecule has 2 amide bonds. The van der Waals surface area contributed by atoms with Crippen LogP contribution in [0.4, 0.5) is 30.4 Å². The number of anilines is 3. The van der Waals surface area contributed by atoms with Gasteiger partial charge in [-0.15, -0.1) is 10.2 Å². The Morgan fingerprint density at radius 2 is 1.87 bits per heavy atom. The maximum Gasteiger partial charge on any atom is 0.422 e. The summed E-state index contributed by atoms with van der Waals surface area (Å²) in [6.45, 7) is 0.699. The van der Waals surface area contributed by atoms with E-state index in [4.69, 9.17) is 4.74 Å². The highest BCUT2D eigenvalue weighted by Gasteiger charge is 2.31. The molecule has 0 unspecified atom stereocenters. The maximum atomic E-state index is 13.1. The van der Waals surface area contributed by atoms with Crippen molar-refractivity contribution in [2.24, 2.45) is 5.92 Å². The molecule has 0 spiro atoms. The molecule has 2 fully saturated rings. The molecule has 0 atom stereocenters. The molecule has 0 bridgehead atoms. The van der Waals surface area contributed by atoms with E-state index in [0.717, 1.165) is 31.2 Å². The first-order chi connectivity index (χ1) is 18.7. The van der Waals surface area contributed by atoms with Gasteiger partial charge < -0.3 is 15.4 Å². The van der Waals surface area contributed by atoms with Gasteiger partial charge in [-0.1, -0.05) is 13.0 Å². The highest BCUT2D eigenvalue weighted by Crippen LogP contribution is 2.38. The van der Waals surface area contributed by atoms with Crippen molar-refractivity contribution in [2.45, 2.75) is 44.8 Å². The van der Waals surface area contributed by atoms with Crippen LogP contribution in [0.2, 0.25) is 0 Å². The Hall–Kier alpha value is -4.20. The molecular weight excluding hydrogens is 517 g/mol.